The highest BCUT2D eigenvalue weighted by Gasteiger charge is 2.24. The Hall–Kier alpha value is -3.56. The van der Waals surface area contributed by atoms with Crippen LogP contribution in [0.3, 0.4) is 0 Å². The number of nitrogens with one attached hydrogen (secondary N) is 2. The van der Waals surface area contributed by atoms with E-state index in [4.69, 9.17) is 4.98 Å². The number of nitrogens with zero attached hydrogens (tertiary/aromatic N) is 3. The van der Waals surface area contributed by atoms with E-state index in [9.17, 15) is 13.2 Å². The number of rotatable bonds is 6. The zero-order valence-corrected chi connectivity index (χ0v) is 21.1. The Morgan fingerprint density at radius 2 is 1.86 bits per heavy atom. The summed E-state index contributed by atoms with van der Waals surface area (Å²) in [7, 11) is -1.26. The Morgan fingerprint density at radius 1 is 1.11 bits per heavy atom. The molecule has 1 atom stereocenters. The quantitative estimate of drug-likeness (QED) is 0.488. The van der Waals surface area contributed by atoms with Crippen molar-refractivity contribution in [3.8, 4) is 11.3 Å². The van der Waals surface area contributed by atoms with Crippen molar-refractivity contribution >= 4 is 33.7 Å². The van der Waals surface area contributed by atoms with Gasteiger partial charge in [-0.3, -0.25) is 4.98 Å². The largest absolute Gasteiger partial charge is 0.378 e. The molecule has 2 aliphatic heterocycles. The molecule has 3 aromatic rings. The molecular formula is C27H29N5O3S. The van der Waals surface area contributed by atoms with Crippen molar-refractivity contribution < 1.29 is 13.2 Å². The van der Waals surface area contributed by atoms with Gasteiger partial charge in [-0.05, 0) is 86.6 Å². The smallest absolute Gasteiger partial charge is 0.177 e. The molecule has 2 aliphatic rings. The summed E-state index contributed by atoms with van der Waals surface area (Å²) < 4.78 is 24.1. The molecule has 2 N–H and O–H groups in total. The van der Waals surface area contributed by atoms with E-state index in [-0.39, 0.29) is 4.90 Å². The van der Waals surface area contributed by atoms with Gasteiger partial charge in [0.1, 0.15) is 18.1 Å². The summed E-state index contributed by atoms with van der Waals surface area (Å²) in [6.45, 7) is 2.22. The van der Waals surface area contributed by atoms with E-state index < -0.39 is 15.9 Å². The van der Waals surface area contributed by atoms with Gasteiger partial charge in [0.25, 0.3) is 0 Å². The van der Waals surface area contributed by atoms with Crippen LogP contribution in [0.4, 0.5) is 11.5 Å². The Labute approximate surface area is 211 Å². The molecule has 0 saturated carbocycles. The molecule has 9 heteroatoms. The fourth-order valence-corrected chi connectivity index (χ4v) is 5.39. The van der Waals surface area contributed by atoms with Crippen molar-refractivity contribution in [3.63, 3.8) is 0 Å². The van der Waals surface area contributed by atoms with Gasteiger partial charge in [-0.1, -0.05) is 12.1 Å². The second kappa shape index (κ2) is 9.83. The molecule has 1 fully saturated rings. The highest BCUT2D eigenvalue weighted by molar-refractivity contribution is 7.90. The third kappa shape index (κ3) is 5.03. The predicted molar refractivity (Wildman–Crippen MR) is 141 cm³/mol. The minimum atomic E-state index is -3.42. The number of aromatic nitrogens is 2. The summed E-state index contributed by atoms with van der Waals surface area (Å²) in [5.41, 5.74) is 4.90. The number of pyridine rings is 2. The zero-order valence-electron chi connectivity index (χ0n) is 20.3. The second-order valence-electron chi connectivity index (χ2n) is 9.48. The molecule has 1 unspecified atom stereocenters. The van der Waals surface area contributed by atoms with E-state index >= 15 is 0 Å². The Morgan fingerprint density at radius 3 is 2.56 bits per heavy atom. The van der Waals surface area contributed by atoms with E-state index in [0.717, 1.165) is 55.3 Å². The van der Waals surface area contributed by atoms with Crippen molar-refractivity contribution in [2.24, 2.45) is 0 Å². The Kier molecular flexibility index (Phi) is 6.59. The van der Waals surface area contributed by atoms with Gasteiger partial charge in [0, 0.05) is 35.5 Å². The van der Waals surface area contributed by atoms with Crippen LogP contribution in [0.25, 0.3) is 17.3 Å². The van der Waals surface area contributed by atoms with Crippen LogP contribution < -0.4 is 10.6 Å². The third-order valence-corrected chi connectivity index (χ3v) is 7.96. The van der Waals surface area contributed by atoms with Crippen LogP contribution in [-0.4, -0.2) is 56.0 Å². The number of hydrogen-bond donors (Lipinski definition) is 2. The molecule has 0 aliphatic carbocycles. The number of carbonyl (C=O) groups is 1. The highest BCUT2D eigenvalue weighted by atomic mass is 32.2. The number of benzene rings is 1. The fraction of sp³-hybridized carbons (Fsp3) is 0.296. The normalized spacial score (nSPS) is 18.3. The van der Waals surface area contributed by atoms with Gasteiger partial charge >= 0.3 is 0 Å². The van der Waals surface area contributed by atoms with E-state index in [2.05, 4.69) is 39.7 Å². The zero-order chi connectivity index (χ0) is 25.3. The lowest BCUT2D eigenvalue weighted by atomic mass is 9.89. The predicted octanol–water partition coefficient (Wildman–Crippen LogP) is 3.91. The first-order valence-corrected chi connectivity index (χ1v) is 13.8. The van der Waals surface area contributed by atoms with Gasteiger partial charge in [-0.2, -0.15) is 0 Å². The van der Waals surface area contributed by atoms with Crippen molar-refractivity contribution in [3.05, 3.63) is 71.7 Å². The summed E-state index contributed by atoms with van der Waals surface area (Å²) in [5.74, 6) is 1.10. The first-order chi connectivity index (χ1) is 17.3. The van der Waals surface area contributed by atoms with Crippen LogP contribution in [-0.2, 0) is 14.6 Å². The van der Waals surface area contributed by atoms with Crippen LogP contribution in [0.5, 0.6) is 0 Å². The highest BCUT2D eigenvalue weighted by Crippen LogP contribution is 2.35. The van der Waals surface area contributed by atoms with E-state index in [0.29, 0.717) is 23.0 Å². The number of sulfone groups is 1. The van der Waals surface area contributed by atoms with Crippen LogP contribution in [0.2, 0.25) is 0 Å². The number of likely N-dealkylation sites (tertiary alicyclic amines) is 1. The van der Waals surface area contributed by atoms with E-state index in [1.165, 1.54) is 11.8 Å². The SMILES string of the molecule is CN1CCC(c2ccc(Nc3nc(-c4cncc(S(C)(=O)=O)c4)cc4c3C(C=O)NC=C4)cc2)CC1. The average molecular weight is 504 g/mol. The number of piperidine rings is 1. The lowest BCUT2D eigenvalue weighted by Crippen LogP contribution is -2.29. The molecule has 186 valence electrons. The fourth-order valence-electron chi connectivity index (χ4n) is 4.79. The molecule has 0 spiro atoms. The van der Waals surface area contributed by atoms with Gasteiger partial charge in [-0.15, -0.1) is 0 Å². The second-order valence-corrected chi connectivity index (χ2v) is 11.5. The molecule has 8 nitrogen and oxygen atoms in total. The van der Waals surface area contributed by atoms with Gasteiger partial charge in [0.05, 0.1) is 10.6 Å². The first kappa shape index (κ1) is 24.1. The average Bonchev–Trinajstić information content (AvgIpc) is 2.88. The van der Waals surface area contributed by atoms with Gasteiger partial charge < -0.3 is 20.3 Å². The Bertz CT molecular complexity index is 1410. The maximum atomic E-state index is 12.1. The van der Waals surface area contributed by atoms with E-state index in [1.807, 2.05) is 24.3 Å². The number of anilines is 2. The van der Waals surface area contributed by atoms with Crippen molar-refractivity contribution in [1.29, 1.82) is 0 Å². The molecule has 1 aromatic carbocycles. The molecule has 2 aromatic heterocycles. The maximum absolute atomic E-state index is 12.1. The standard InChI is InChI=1S/C27H29N5O3S/c1-32-11-8-19(9-12-32)18-3-5-22(6-4-18)30-27-26-20(7-10-29-25(26)17-33)14-24(31-27)21-13-23(16-28-15-21)36(2,34)35/h3-7,10,13-17,19,25,29H,8-9,11-12H2,1-2H3,(H,30,31). The third-order valence-electron chi connectivity index (χ3n) is 6.88. The molecule has 0 radical (unpaired) electrons. The molecule has 36 heavy (non-hydrogen) atoms. The van der Waals surface area contributed by atoms with Crippen LogP contribution in [0, 0.1) is 0 Å². The van der Waals surface area contributed by atoms with Crippen LogP contribution >= 0.6 is 0 Å². The van der Waals surface area contributed by atoms with Crippen molar-refractivity contribution in [2.75, 3.05) is 31.7 Å². The van der Waals surface area contributed by atoms with E-state index in [1.54, 1.807) is 18.5 Å². The number of fused-ring (bicyclic) bond motifs is 1. The minimum absolute atomic E-state index is 0.126. The summed E-state index contributed by atoms with van der Waals surface area (Å²) in [6.07, 6.45) is 10.8. The molecule has 5 rings (SSSR count). The summed E-state index contributed by atoms with van der Waals surface area (Å²) >= 11 is 0. The molecule has 1 saturated heterocycles. The number of carbonyl (C=O) groups excluding carboxylic acids is 1. The van der Waals surface area contributed by atoms with Crippen LogP contribution in [0.1, 0.15) is 41.5 Å². The van der Waals surface area contributed by atoms with Gasteiger partial charge in [-0.25, -0.2) is 13.4 Å². The maximum Gasteiger partial charge on any atom is 0.177 e. The Balaban J connectivity index is 1.51. The topological polar surface area (TPSA) is 104 Å². The van der Waals surface area contributed by atoms with Crippen molar-refractivity contribution in [1.82, 2.24) is 20.2 Å². The molecular weight excluding hydrogens is 474 g/mol. The van der Waals surface area contributed by atoms with Crippen LogP contribution in [0.15, 0.2) is 59.9 Å². The van der Waals surface area contributed by atoms with Crippen molar-refractivity contribution in [2.45, 2.75) is 29.7 Å². The number of hydrogen-bond acceptors (Lipinski definition) is 8. The number of aldehydes is 1. The first-order valence-electron chi connectivity index (χ1n) is 12.0. The molecule has 0 bridgehead atoms. The summed E-state index contributed by atoms with van der Waals surface area (Å²) in [4.78, 5) is 23.3. The monoisotopic (exact) mass is 503 g/mol. The summed E-state index contributed by atoms with van der Waals surface area (Å²) in [5, 5.41) is 6.47. The minimum Gasteiger partial charge on any atom is -0.378 e. The molecule has 4 heterocycles. The van der Waals surface area contributed by atoms with Gasteiger partial charge in [0.15, 0.2) is 9.84 Å². The lowest BCUT2D eigenvalue weighted by Gasteiger charge is -2.29. The lowest BCUT2D eigenvalue weighted by molar-refractivity contribution is -0.109. The van der Waals surface area contributed by atoms with Gasteiger partial charge in [0.2, 0.25) is 0 Å². The molecule has 0 amide bonds. The summed E-state index contributed by atoms with van der Waals surface area (Å²) in [6, 6.07) is 11.3.